The summed E-state index contributed by atoms with van der Waals surface area (Å²) in [7, 11) is -4.05. The molecule has 0 aromatic rings. The van der Waals surface area contributed by atoms with Gasteiger partial charge in [0.1, 0.15) is 0 Å². The fraction of sp³-hybridized carbons (Fsp3) is 0.962. The van der Waals surface area contributed by atoms with Gasteiger partial charge in [0, 0.05) is 13.0 Å². The first-order chi connectivity index (χ1) is 15.5. The van der Waals surface area contributed by atoms with Crippen LogP contribution >= 0.6 is 0 Å². The number of fused-ring (bicyclic) bond motifs is 5. The van der Waals surface area contributed by atoms with Crippen LogP contribution < -0.4 is 5.32 Å². The van der Waals surface area contributed by atoms with Crippen molar-refractivity contribution < 1.29 is 22.9 Å². The highest BCUT2D eigenvalue weighted by Crippen LogP contribution is 2.68. The van der Waals surface area contributed by atoms with Crippen molar-refractivity contribution in [2.45, 2.75) is 97.5 Å². The van der Waals surface area contributed by atoms with Gasteiger partial charge in [0.25, 0.3) is 10.1 Å². The van der Waals surface area contributed by atoms with Crippen LogP contribution in [0.2, 0.25) is 0 Å². The molecule has 0 aliphatic heterocycles. The molecule has 4 rings (SSSR count). The van der Waals surface area contributed by atoms with Crippen molar-refractivity contribution in [3.63, 3.8) is 0 Å². The van der Waals surface area contributed by atoms with E-state index in [0.29, 0.717) is 47.3 Å². The van der Waals surface area contributed by atoms with E-state index < -0.39 is 15.9 Å². The molecule has 9 atom stereocenters. The number of rotatable bonds is 7. The highest BCUT2D eigenvalue weighted by Gasteiger charge is 2.62. The molecule has 4 aliphatic carbocycles. The Kier molecular flexibility index (Phi) is 7.26. The van der Waals surface area contributed by atoms with E-state index in [1.165, 1.54) is 51.4 Å². The summed E-state index contributed by atoms with van der Waals surface area (Å²) in [6.45, 7) is 7.23. The highest BCUT2D eigenvalue weighted by atomic mass is 32.2. The standard InChI is InChI=1S/C26H45NO5S/c1-17(7-10-23(29)27-14-15-33(30,31)32)19-8-9-20-24-21(11-13-26(19,20)3)25(2)12-5-4-6-18(25)16-22(24)28/h17-22,24,28H,4-16H2,1-3H3,(H,27,29)(H,30,31,32)/t17-,18?,19?,20+,21?,22?,24?,25?,26?/m1/s1. The first kappa shape index (κ1) is 25.4. The lowest BCUT2D eigenvalue weighted by Crippen LogP contribution is -2.57. The summed E-state index contributed by atoms with van der Waals surface area (Å²) in [5, 5.41) is 14.0. The summed E-state index contributed by atoms with van der Waals surface area (Å²) in [4.78, 5) is 12.2. The minimum absolute atomic E-state index is 0.0457. The Balaban J connectivity index is 1.38. The molecule has 0 heterocycles. The van der Waals surface area contributed by atoms with Crippen molar-refractivity contribution in [1.82, 2.24) is 5.32 Å². The van der Waals surface area contributed by atoms with Gasteiger partial charge in [0.2, 0.25) is 5.91 Å². The maximum Gasteiger partial charge on any atom is 0.266 e. The largest absolute Gasteiger partial charge is 0.393 e. The van der Waals surface area contributed by atoms with Gasteiger partial charge in [-0.25, -0.2) is 0 Å². The topological polar surface area (TPSA) is 104 Å². The fourth-order valence-corrected chi connectivity index (χ4v) is 9.56. The summed E-state index contributed by atoms with van der Waals surface area (Å²) in [5.74, 6) is 2.77. The third-order valence-corrected chi connectivity index (χ3v) is 11.6. The van der Waals surface area contributed by atoms with Gasteiger partial charge in [0.15, 0.2) is 0 Å². The lowest BCUT2D eigenvalue weighted by molar-refractivity contribution is -0.164. The fourth-order valence-electron chi connectivity index (χ4n) is 9.20. The lowest BCUT2D eigenvalue weighted by atomic mass is 9.44. The van der Waals surface area contributed by atoms with Crippen LogP contribution in [0, 0.1) is 46.3 Å². The zero-order chi connectivity index (χ0) is 24.0. The van der Waals surface area contributed by atoms with Crippen molar-refractivity contribution >= 4 is 16.0 Å². The van der Waals surface area contributed by atoms with Crippen molar-refractivity contribution in [2.24, 2.45) is 46.3 Å². The Morgan fingerprint density at radius 1 is 1.06 bits per heavy atom. The Labute approximate surface area is 200 Å². The van der Waals surface area contributed by atoms with Gasteiger partial charge in [-0.15, -0.1) is 0 Å². The third kappa shape index (κ3) is 4.88. The van der Waals surface area contributed by atoms with E-state index in [0.717, 1.165) is 12.8 Å². The molecule has 1 amide bonds. The number of aliphatic hydroxyl groups is 1. The average Bonchev–Trinajstić information content (AvgIpc) is 3.08. The minimum atomic E-state index is -4.05. The van der Waals surface area contributed by atoms with Crippen LogP contribution in [0.15, 0.2) is 0 Å². The molecule has 3 N–H and O–H groups in total. The smallest absolute Gasteiger partial charge is 0.266 e. The van der Waals surface area contributed by atoms with Crippen molar-refractivity contribution in [3.05, 3.63) is 0 Å². The molecule has 33 heavy (non-hydrogen) atoms. The normalized spacial score (nSPS) is 43.8. The third-order valence-electron chi connectivity index (χ3n) is 10.9. The van der Waals surface area contributed by atoms with E-state index in [1.54, 1.807) is 0 Å². The molecule has 7 heteroatoms. The van der Waals surface area contributed by atoms with Crippen molar-refractivity contribution in [2.75, 3.05) is 12.3 Å². The van der Waals surface area contributed by atoms with E-state index in [9.17, 15) is 18.3 Å². The molecule has 4 fully saturated rings. The quantitative estimate of drug-likeness (QED) is 0.465. The molecule has 0 bridgehead atoms. The van der Waals surface area contributed by atoms with Gasteiger partial charge < -0.3 is 10.4 Å². The molecule has 0 saturated heterocycles. The summed E-state index contributed by atoms with van der Waals surface area (Å²) >= 11 is 0. The number of hydrogen-bond acceptors (Lipinski definition) is 4. The summed E-state index contributed by atoms with van der Waals surface area (Å²) < 4.78 is 30.5. The minimum Gasteiger partial charge on any atom is -0.393 e. The highest BCUT2D eigenvalue weighted by molar-refractivity contribution is 7.85. The molecule has 4 aliphatic rings. The Morgan fingerprint density at radius 3 is 2.52 bits per heavy atom. The van der Waals surface area contributed by atoms with Gasteiger partial charge >= 0.3 is 0 Å². The van der Waals surface area contributed by atoms with Gasteiger partial charge in [-0.3, -0.25) is 9.35 Å². The molecule has 190 valence electrons. The predicted molar refractivity (Wildman–Crippen MR) is 129 cm³/mol. The second kappa shape index (κ2) is 9.42. The van der Waals surface area contributed by atoms with Crippen LogP contribution in [0.5, 0.6) is 0 Å². The zero-order valence-corrected chi connectivity index (χ0v) is 21.6. The average molecular weight is 484 g/mol. The summed E-state index contributed by atoms with van der Waals surface area (Å²) in [6.07, 6.45) is 12.2. The lowest BCUT2D eigenvalue weighted by Gasteiger charge is -2.62. The van der Waals surface area contributed by atoms with E-state index in [-0.39, 0.29) is 24.0 Å². The summed E-state index contributed by atoms with van der Waals surface area (Å²) in [5.41, 5.74) is 0.647. The van der Waals surface area contributed by atoms with E-state index in [2.05, 4.69) is 26.1 Å². The Hall–Kier alpha value is -0.660. The zero-order valence-electron chi connectivity index (χ0n) is 20.8. The Bertz CT molecular complexity index is 831. The second-order valence-electron chi connectivity index (χ2n) is 12.4. The van der Waals surface area contributed by atoms with Gasteiger partial charge in [-0.05, 0) is 97.7 Å². The number of amides is 1. The van der Waals surface area contributed by atoms with Crippen molar-refractivity contribution in [3.8, 4) is 0 Å². The number of carbonyl (C=O) groups is 1. The SMILES string of the molecule is C[C@H](CCC(=O)NCCS(=O)(=O)O)C1CC[C@H]2C3C(O)CC4CCCCC4(C)C3CCC12C. The second-order valence-corrected chi connectivity index (χ2v) is 14.0. The number of hydrogen-bond donors (Lipinski definition) is 3. The number of carbonyl (C=O) groups excluding carboxylic acids is 1. The first-order valence-corrected chi connectivity index (χ1v) is 15.0. The number of aliphatic hydroxyl groups excluding tert-OH is 1. The van der Waals surface area contributed by atoms with Crippen LogP contribution in [0.3, 0.4) is 0 Å². The molecule has 4 saturated carbocycles. The van der Waals surface area contributed by atoms with Crippen LogP contribution in [0.1, 0.15) is 91.4 Å². The van der Waals surface area contributed by atoms with Crippen LogP contribution in [0.4, 0.5) is 0 Å². The van der Waals surface area contributed by atoms with Gasteiger partial charge in [-0.1, -0.05) is 33.6 Å². The molecule has 0 aromatic carbocycles. The van der Waals surface area contributed by atoms with Crippen LogP contribution in [-0.4, -0.2) is 42.4 Å². The molecule has 0 radical (unpaired) electrons. The van der Waals surface area contributed by atoms with Crippen LogP contribution in [-0.2, 0) is 14.9 Å². The van der Waals surface area contributed by atoms with E-state index >= 15 is 0 Å². The first-order valence-electron chi connectivity index (χ1n) is 13.4. The van der Waals surface area contributed by atoms with Gasteiger partial charge in [-0.2, -0.15) is 8.42 Å². The molecule has 6 nitrogen and oxygen atoms in total. The maximum atomic E-state index is 12.2. The molecule has 7 unspecified atom stereocenters. The molecular weight excluding hydrogens is 438 g/mol. The Morgan fingerprint density at radius 2 is 1.79 bits per heavy atom. The molecule has 0 spiro atoms. The van der Waals surface area contributed by atoms with E-state index in [1.807, 2.05) is 0 Å². The predicted octanol–water partition coefficient (Wildman–Crippen LogP) is 4.43. The molecule has 0 aromatic heterocycles. The van der Waals surface area contributed by atoms with E-state index in [4.69, 9.17) is 4.55 Å². The van der Waals surface area contributed by atoms with Gasteiger partial charge in [0.05, 0.1) is 11.9 Å². The monoisotopic (exact) mass is 483 g/mol. The van der Waals surface area contributed by atoms with Crippen LogP contribution in [0.25, 0.3) is 0 Å². The van der Waals surface area contributed by atoms with Crippen molar-refractivity contribution in [1.29, 1.82) is 0 Å². The maximum absolute atomic E-state index is 12.2. The molecular formula is C26H45NO5S. The number of nitrogens with one attached hydrogen (secondary N) is 1. The summed E-state index contributed by atoms with van der Waals surface area (Å²) in [6, 6.07) is 0.